The smallest absolute Gasteiger partial charge is 0.225 e. The average Bonchev–Trinajstić information content (AvgIpc) is 2.95. The van der Waals surface area contributed by atoms with Gasteiger partial charge in [-0.25, -0.2) is 0 Å². The lowest BCUT2D eigenvalue weighted by molar-refractivity contribution is -0.122. The summed E-state index contributed by atoms with van der Waals surface area (Å²) in [6, 6.07) is 17.8. The van der Waals surface area contributed by atoms with Crippen LogP contribution in [0.15, 0.2) is 67.0 Å². The molecule has 0 saturated heterocycles. The van der Waals surface area contributed by atoms with Crippen LogP contribution in [-0.4, -0.2) is 16.7 Å². The first-order valence-corrected chi connectivity index (χ1v) is 9.81. The van der Waals surface area contributed by atoms with Gasteiger partial charge in [0.25, 0.3) is 0 Å². The molecule has 4 heteroatoms. The lowest BCUT2D eigenvalue weighted by Crippen LogP contribution is -2.23. The van der Waals surface area contributed by atoms with Crippen molar-refractivity contribution in [2.24, 2.45) is 5.73 Å². The molecule has 2 aromatic carbocycles. The molecule has 1 aromatic heterocycles. The van der Waals surface area contributed by atoms with Gasteiger partial charge in [0.2, 0.25) is 5.91 Å². The van der Waals surface area contributed by atoms with Gasteiger partial charge >= 0.3 is 0 Å². The normalized spacial score (nSPS) is 15.7. The van der Waals surface area contributed by atoms with Crippen LogP contribution in [0.3, 0.4) is 0 Å². The van der Waals surface area contributed by atoms with E-state index in [1.165, 1.54) is 0 Å². The number of aromatic nitrogens is 1. The van der Waals surface area contributed by atoms with Gasteiger partial charge < -0.3 is 5.73 Å². The van der Waals surface area contributed by atoms with E-state index in [1.807, 2.05) is 62.5 Å². The molecule has 1 amide bonds. The number of Topliss-reactive ketones (excluding diaryl/α,β-unsaturated/α-hetero) is 1. The number of carbonyl (C=O) groups is 2. The van der Waals surface area contributed by atoms with E-state index in [1.54, 1.807) is 6.20 Å². The van der Waals surface area contributed by atoms with Crippen LogP contribution in [0.5, 0.6) is 0 Å². The highest BCUT2D eigenvalue weighted by Crippen LogP contribution is 2.38. The van der Waals surface area contributed by atoms with Crippen LogP contribution in [0.25, 0.3) is 11.1 Å². The summed E-state index contributed by atoms with van der Waals surface area (Å²) in [5.74, 6) is -0.493. The fourth-order valence-electron chi connectivity index (χ4n) is 4.10. The van der Waals surface area contributed by atoms with Crippen molar-refractivity contribution < 1.29 is 9.59 Å². The second-order valence-corrected chi connectivity index (χ2v) is 8.25. The van der Waals surface area contributed by atoms with Crippen molar-refractivity contribution in [1.82, 2.24) is 4.98 Å². The number of nitrogens with two attached hydrogens (primary N) is 1. The number of ketones is 1. The lowest BCUT2D eigenvalue weighted by Gasteiger charge is -2.18. The summed E-state index contributed by atoms with van der Waals surface area (Å²) < 4.78 is 0. The molecule has 29 heavy (non-hydrogen) atoms. The molecule has 0 spiro atoms. The number of rotatable bonds is 5. The summed E-state index contributed by atoms with van der Waals surface area (Å²) in [6.07, 6.45) is 4.59. The maximum atomic E-state index is 12.3. The number of primary amides is 1. The SMILES string of the molecule is CC1(C)C(=O)Cc2ccc(-c3cncc(CC(C(N)=O)c4ccccc4)c3)cc21. The Morgan fingerprint density at radius 3 is 2.55 bits per heavy atom. The zero-order valence-corrected chi connectivity index (χ0v) is 16.7. The molecule has 1 aliphatic rings. The first-order chi connectivity index (χ1) is 13.9. The van der Waals surface area contributed by atoms with Crippen LogP contribution >= 0.6 is 0 Å². The van der Waals surface area contributed by atoms with Crippen molar-refractivity contribution in [2.75, 3.05) is 0 Å². The van der Waals surface area contributed by atoms with Crippen molar-refractivity contribution in [3.8, 4) is 11.1 Å². The Morgan fingerprint density at radius 1 is 1.07 bits per heavy atom. The Kier molecular flexibility index (Phi) is 4.79. The van der Waals surface area contributed by atoms with E-state index < -0.39 is 11.3 Å². The van der Waals surface area contributed by atoms with Crippen LogP contribution < -0.4 is 5.73 Å². The molecule has 4 nitrogen and oxygen atoms in total. The van der Waals surface area contributed by atoms with Crippen LogP contribution in [0, 0.1) is 0 Å². The van der Waals surface area contributed by atoms with Crippen molar-refractivity contribution in [3.05, 3.63) is 89.2 Å². The largest absolute Gasteiger partial charge is 0.369 e. The zero-order chi connectivity index (χ0) is 20.6. The van der Waals surface area contributed by atoms with Crippen LogP contribution in [0.1, 0.15) is 42.0 Å². The van der Waals surface area contributed by atoms with Gasteiger partial charge in [-0.15, -0.1) is 0 Å². The summed E-state index contributed by atoms with van der Waals surface area (Å²) >= 11 is 0. The van der Waals surface area contributed by atoms with E-state index in [2.05, 4.69) is 17.1 Å². The molecule has 3 aromatic rings. The van der Waals surface area contributed by atoms with Crippen LogP contribution in [0.4, 0.5) is 0 Å². The van der Waals surface area contributed by atoms with Gasteiger partial charge in [-0.1, -0.05) is 42.5 Å². The van der Waals surface area contributed by atoms with E-state index in [0.717, 1.165) is 33.4 Å². The first kappa shape index (κ1) is 19.1. The fraction of sp³-hybridized carbons (Fsp3) is 0.240. The molecule has 0 aliphatic heterocycles. The number of pyridine rings is 1. The average molecular weight is 384 g/mol. The second-order valence-electron chi connectivity index (χ2n) is 8.25. The number of fused-ring (bicyclic) bond motifs is 1. The lowest BCUT2D eigenvalue weighted by atomic mass is 9.84. The first-order valence-electron chi connectivity index (χ1n) is 9.81. The third kappa shape index (κ3) is 3.58. The number of benzene rings is 2. The summed E-state index contributed by atoms with van der Waals surface area (Å²) in [7, 11) is 0. The maximum absolute atomic E-state index is 12.3. The Balaban J connectivity index is 1.66. The molecular weight excluding hydrogens is 360 g/mol. The van der Waals surface area contributed by atoms with Gasteiger partial charge in [-0.3, -0.25) is 14.6 Å². The van der Waals surface area contributed by atoms with Gasteiger partial charge in [0, 0.05) is 29.8 Å². The van der Waals surface area contributed by atoms with E-state index in [0.29, 0.717) is 12.8 Å². The quantitative estimate of drug-likeness (QED) is 0.723. The van der Waals surface area contributed by atoms with Crippen molar-refractivity contribution in [2.45, 2.75) is 38.0 Å². The molecule has 0 saturated carbocycles. The highest BCUT2D eigenvalue weighted by Gasteiger charge is 2.37. The number of nitrogens with zero attached hydrogens (tertiary/aromatic N) is 1. The molecule has 1 atom stereocenters. The summed E-state index contributed by atoms with van der Waals surface area (Å²) in [5, 5.41) is 0. The van der Waals surface area contributed by atoms with E-state index >= 15 is 0 Å². The highest BCUT2D eigenvalue weighted by molar-refractivity contribution is 5.96. The molecule has 1 aliphatic carbocycles. The van der Waals surface area contributed by atoms with Crippen LogP contribution in [0.2, 0.25) is 0 Å². The highest BCUT2D eigenvalue weighted by atomic mass is 16.1. The molecule has 2 N–H and O–H groups in total. The minimum Gasteiger partial charge on any atom is -0.369 e. The van der Waals surface area contributed by atoms with Gasteiger partial charge in [-0.2, -0.15) is 0 Å². The second kappa shape index (κ2) is 7.28. The Hall–Kier alpha value is -3.27. The third-order valence-corrected chi connectivity index (χ3v) is 5.94. The summed E-state index contributed by atoms with van der Waals surface area (Å²) in [6.45, 7) is 3.97. The third-order valence-electron chi connectivity index (χ3n) is 5.94. The van der Waals surface area contributed by atoms with Gasteiger partial charge in [0.05, 0.1) is 5.92 Å². The van der Waals surface area contributed by atoms with Crippen molar-refractivity contribution in [3.63, 3.8) is 0 Å². The molecule has 4 rings (SSSR count). The predicted molar refractivity (Wildman–Crippen MR) is 113 cm³/mol. The van der Waals surface area contributed by atoms with E-state index in [4.69, 9.17) is 5.73 Å². The fourth-order valence-corrected chi connectivity index (χ4v) is 4.10. The van der Waals surface area contributed by atoms with Gasteiger partial charge in [0.15, 0.2) is 0 Å². The minimum atomic E-state index is -0.458. The number of amides is 1. The Morgan fingerprint density at radius 2 is 1.83 bits per heavy atom. The minimum absolute atomic E-state index is 0.253. The summed E-state index contributed by atoms with van der Waals surface area (Å²) in [4.78, 5) is 28.8. The number of hydrogen-bond acceptors (Lipinski definition) is 3. The molecule has 1 unspecified atom stereocenters. The van der Waals surface area contributed by atoms with E-state index in [-0.39, 0.29) is 11.7 Å². The molecule has 0 bridgehead atoms. The molecular formula is C25H24N2O2. The zero-order valence-electron chi connectivity index (χ0n) is 16.7. The van der Waals surface area contributed by atoms with Gasteiger partial charge in [-0.05, 0) is 60.2 Å². The van der Waals surface area contributed by atoms with Crippen molar-refractivity contribution >= 4 is 11.7 Å². The topological polar surface area (TPSA) is 73.1 Å². The van der Waals surface area contributed by atoms with Gasteiger partial charge in [0.1, 0.15) is 5.78 Å². The van der Waals surface area contributed by atoms with Crippen molar-refractivity contribution in [1.29, 1.82) is 0 Å². The molecule has 0 fully saturated rings. The number of hydrogen-bond donors (Lipinski definition) is 1. The monoisotopic (exact) mass is 384 g/mol. The maximum Gasteiger partial charge on any atom is 0.225 e. The summed E-state index contributed by atoms with van der Waals surface area (Å²) in [5.41, 5.74) is 11.3. The van der Waals surface area contributed by atoms with E-state index in [9.17, 15) is 9.59 Å². The number of carbonyl (C=O) groups excluding carboxylic acids is 2. The molecule has 146 valence electrons. The standard InChI is InChI=1S/C25H24N2O2/c1-25(2)22-12-18(8-9-19(22)13-23(25)28)20-10-16(14-27-15-20)11-21(24(26)29)17-6-4-3-5-7-17/h3-10,12,14-15,21H,11,13H2,1-2H3,(H2,26,29). The predicted octanol–water partition coefficient (Wildman–Crippen LogP) is 3.96. The molecule has 1 heterocycles. The Bertz CT molecular complexity index is 1090. The molecule has 0 radical (unpaired) electrons. The Labute approximate surface area is 170 Å². The van der Waals surface area contributed by atoms with Crippen LogP contribution in [-0.2, 0) is 27.8 Å².